The molecule has 2 aliphatic rings. The van der Waals surface area contributed by atoms with Crippen LogP contribution in [0.1, 0.15) is 46.0 Å². The zero-order valence-electron chi connectivity index (χ0n) is 12.6. The van der Waals surface area contributed by atoms with E-state index in [1.165, 1.54) is 12.8 Å². The smallest absolute Gasteiger partial charge is 0.237 e. The number of nitrogens with one attached hydrogen (secondary N) is 2. The first-order valence-electron chi connectivity index (χ1n) is 7.83. The van der Waals surface area contributed by atoms with Crippen LogP contribution >= 0.6 is 0 Å². The van der Waals surface area contributed by atoms with E-state index in [0.717, 1.165) is 32.4 Å². The van der Waals surface area contributed by atoms with Gasteiger partial charge in [0.05, 0.1) is 6.04 Å². The summed E-state index contributed by atoms with van der Waals surface area (Å²) in [5, 5.41) is 6.59. The molecule has 4 heteroatoms. The van der Waals surface area contributed by atoms with Crippen LogP contribution in [0.2, 0.25) is 0 Å². The summed E-state index contributed by atoms with van der Waals surface area (Å²) in [7, 11) is 2.03. The van der Waals surface area contributed by atoms with E-state index in [1.54, 1.807) is 0 Å². The maximum absolute atomic E-state index is 12.3. The van der Waals surface area contributed by atoms with Crippen molar-refractivity contribution in [2.24, 2.45) is 5.92 Å². The van der Waals surface area contributed by atoms with Crippen LogP contribution in [0.25, 0.3) is 0 Å². The van der Waals surface area contributed by atoms with E-state index in [2.05, 4.69) is 29.4 Å². The van der Waals surface area contributed by atoms with Crippen LogP contribution < -0.4 is 10.6 Å². The minimum Gasteiger partial charge on any atom is -0.352 e. The van der Waals surface area contributed by atoms with E-state index in [9.17, 15) is 4.79 Å². The van der Waals surface area contributed by atoms with E-state index in [-0.39, 0.29) is 11.9 Å². The van der Waals surface area contributed by atoms with Gasteiger partial charge in [0.1, 0.15) is 0 Å². The molecular formula is C15H29N3O. The predicted molar refractivity (Wildman–Crippen MR) is 78.1 cm³/mol. The Kier molecular flexibility index (Phi) is 5.22. The highest BCUT2D eigenvalue weighted by Gasteiger charge is 2.31. The standard InChI is InChI=1S/C15H29N3O/c1-11-10-18(9-8-14(11)16-3)12(2)15(19)17-13-6-4-5-7-13/h11-14,16H,4-10H2,1-3H3,(H,17,19). The monoisotopic (exact) mass is 267 g/mol. The molecule has 4 nitrogen and oxygen atoms in total. The summed E-state index contributed by atoms with van der Waals surface area (Å²) in [4.78, 5) is 14.6. The average Bonchev–Trinajstić information content (AvgIpc) is 2.90. The largest absolute Gasteiger partial charge is 0.352 e. The Morgan fingerprint density at radius 3 is 2.53 bits per heavy atom. The molecule has 1 saturated carbocycles. The third kappa shape index (κ3) is 3.69. The molecule has 1 aliphatic heterocycles. The summed E-state index contributed by atoms with van der Waals surface area (Å²) in [5.74, 6) is 0.836. The molecule has 0 radical (unpaired) electrons. The Morgan fingerprint density at radius 2 is 1.95 bits per heavy atom. The highest BCUT2D eigenvalue weighted by molar-refractivity contribution is 5.81. The minimum absolute atomic E-state index is 0.0147. The molecule has 1 heterocycles. The summed E-state index contributed by atoms with van der Waals surface area (Å²) in [6, 6.07) is 1.05. The summed E-state index contributed by atoms with van der Waals surface area (Å²) in [6.45, 7) is 6.37. The molecule has 2 rings (SSSR count). The van der Waals surface area contributed by atoms with Crippen molar-refractivity contribution < 1.29 is 4.79 Å². The Bertz CT molecular complexity index is 302. The lowest BCUT2D eigenvalue weighted by Crippen LogP contribution is -2.54. The maximum atomic E-state index is 12.3. The third-order valence-electron chi connectivity index (χ3n) is 4.94. The van der Waals surface area contributed by atoms with E-state index >= 15 is 0 Å². The number of rotatable bonds is 4. The highest BCUT2D eigenvalue weighted by atomic mass is 16.2. The molecule has 0 spiro atoms. The quantitative estimate of drug-likeness (QED) is 0.808. The van der Waals surface area contributed by atoms with Crippen molar-refractivity contribution in [2.75, 3.05) is 20.1 Å². The number of likely N-dealkylation sites (tertiary alicyclic amines) is 1. The van der Waals surface area contributed by atoms with Crippen molar-refractivity contribution in [3.05, 3.63) is 0 Å². The first kappa shape index (κ1) is 14.8. The molecule has 110 valence electrons. The van der Waals surface area contributed by atoms with E-state index < -0.39 is 0 Å². The van der Waals surface area contributed by atoms with Gasteiger partial charge in [0, 0.05) is 25.2 Å². The lowest BCUT2D eigenvalue weighted by molar-refractivity contribution is -0.127. The lowest BCUT2D eigenvalue weighted by atomic mass is 9.93. The molecule has 1 saturated heterocycles. The fourth-order valence-electron chi connectivity index (χ4n) is 3.52. The molecule has 0 bridgehead atoms. The summed E-state index contributed by atoms with van der Waals surface area (Å²) in [6.07, 6.45) is 6.00. The van der Waals surface area contributed by atoms with Crippen LogP contribution in [0, 0.1) is 5.92 Å². The Balaban J connectivity index is 1.81. The second kappa shape index (κ2) is 6.71. The van der Waals surface area contributed by atoms with Crippen LogP contribution in [0.15, 0.2) is 0 Å². The van der Waals surface area contributed by atoms with Crippen LogP contribution in [0.3, 0.4) is 0 Å². The topological polar surface area (TPSA) is 44.4 Å². The van der Waals surface area contributed by atoms with Gasteiger partial charge in [-0.15, -0.1) is 0 Å². The molecule has 3 atom stereocenters. The maximum Gasteiger partial charge on any atom is 0.237 e. The zero-order valence-corrected chi connectivity index (χ0v) is 12.6. The molecule has 2 fully saturated rings. The Labute approximate surface area is 117 Å². The second-order valence-electron chi connectivity index (χ2n) is 6.32. The second-order valence-corrected chi connectivity index (χ2v) is 6.32. The van der Waals surface area contributed by atoms with Gasteiger partial charge in [-0.1, -0.05) is 19.8 Å². The van der Waals surface area contributed by atoms with Gasteiger partial charge in [-0.05, 0) is 39.2 Å². The minimum atomic E-state index is 0.0147. The van der Waals surface area contributed by atoms with Crippen molar-refractivity contribution >= 4 is 5.91 Å². The summed E-state index contributed by atoms with van der Waals surface area (Å²) < 4.78 is 0. The molecular weight excluding hydrogens is 238 g/mol. The fraction of sp³-hybridized carbons (Fsp3) is 0.933. The van der Waals surface area contributed by atoms with E-state index in [4.69, 9.17) is 0 Å². The number of nitrogens with zero attached hydrogens (tertiary/aromatic N) is 1. The van der Waals surface area contributed by atoms with E-state index in [1.807, 2.05) is 7.05 Å². The summed E-state index contributed by atoms with van der Waals surface area (Å²) in [5.41, 5.74) is 0. The van der Waals surface area contributed by atoms with Gasteiger partial charge in [0.15, 0.2) is 0 Å². The van der Waals surface area contributed by atoms with Crippen LogP contribution in [0.5, 0.6) is 0 Å². The Morgan fingerprint density at radius 1 is 1.26 bits per heavy atom. The van der Waals surface area contributed by atoms with Crippen LogP contribution in [-0.4, -0.2) is 49.1 Å². The van der Waals surface area contributed by atoms with Crippen LogP contribution in [-0.2, 0) is 4.79 Å². The number of piperidine rings is 1. The number of hydrogen-bond acceptors (Lipinski definition) is 3. The van der Waals surface area contributed by atoms with Crippen molar-refractivity contribution in [3.63, 3.8) is 0 Å². The lowest BCUT2D eigenvalue weighted by Gasteiger charge is -2.39. The molecule has 3 unspecified atom stereocenters. The molecule has 2 N–H and O–H groups in total. The molecule has 0 aromatic heterocycles. The predicted octanol–water partition coefficient (Wildman–Crippen LogP) is 1.36. The van der Waals surface area contributed by atoms with Gasteiger partial charge in [0.25, 0.3) is 0 Å². The molecule has 19 heavy (non-hydrogen) atoms. The van der Waals surface area contributed by atoms with Gasteiger partial charge in [-0.3, -0.25) is 9.69 Å². The highest BCUT2D eigenvalue weighted by Crippen LogP contribution is 2.20. The van der Waals surface area contributed by atoms with Crippen LogP contribution in [0.4, 0.5) is 0 Å². The first-order chi connectivity index (χ1) is 9.11. The van der Waals surface area contributed by atoms with Crippen molar-refractivity contribution in [1.29, 1.82) is 0 Å². The van der Waals surface area contributed by atoms with Crippen molar-refractivity contribution in [3.8, 4) is 0 Å². The van der Waals surface area contributed by atoms with Gasteiger partial charge in [-0.25, -0.2) is 0 Å². The summed E-state index contributed by atoms with van der Waals surface area (Å²) >= 11 is 0. The van der Waals surface area contributed by atoms with E-state index in [0.29, 0.717) is 18.0 Å². The SMILES string of the molecule is CNC1CCN(C(C)C(=O)NC2CCCC2)CC1C. The van der Waals surface area contributed by atoms with Gasteiger partial charge in [-0.2, -0.15) is 0 Å². The van der Waals surface area contributed by atoms with Crippen molar-refractivity contribution in [1.82, 2.24) is 15.5 Å². The number of amides is 1. The molecule has 1 amide bonds. The van der Waals surface area contributed by atoms with Gasteiger partial charge in [0.2, 0.25) is 5.91 Å². The van der Waals surface area contributed by atoms with Gasteiger partial charge < -0.3 is 10.6 Å². The normalized spacial score (nSPS) is 31.3. The molecule has 0 aromatic rings. The van der Waals surface area contributed by atoms with Gasteiger partial charge >= 0.3 is 0 Å². The average molecular weight is 267 g/mol. The number of carbonyl (C=O) groups excluding carboxylic acids is 1. The third-order valence-corrected chi connectivity index (χ3v) is 4.94. The number of carbonyl (C=O) groups is 1. The molecule has 0 aromatic carbocycles. The fourth-order valence-corrected chi connectivity index (χ4v) is 3.52. The first-order valence-corrected chi connectivity index (χ1v) is 7.83. The zero-order chi connectivity index (χ0) is 13.8. The number of hydrogen-bond donors (Lipinski definition) is 2. The molecule has 1 aliphatic carbocycles. The van der Waals surface area contributed by atoms with Crippen molar-refractivity contribution in [2.45, 2.75) is 64.1 Å². The Hall–Kier alpha value is -0.610.